The molecule has 0 spiro atoms. The molecule has 3 rings (SSSR count). The highest BCUT2D eigenvalue weighted by Gasteiger charge is 2.24. The molecule has 0 amide bonds. The van der Waals surface area contributed by atoms with E-state index >= 15 is 0 Å². The summed E-state index contributed by atoms with van der Waals surface area (Å²) in [5.74, 6) is 1.61. The molecule has 0 saturated carbocycles. The SMILES string of the molecule is COc1cccc(OC)c1-c1cncc2c1N(C)CC2. The van der Waals surface area contributed by atoms with E-state index in [0.29, 0.717) is 0 Å². The van der Waals surface area contributed by atoms with Crippen molar-refractivity contribution in [2.45, 2.75) is 6.42 Å². The van der Waals surface area contributed by atoms with Gasteiger partial charge in [-0.05, 0) is 24.1 Å². The summed E-state index contributed by atoms with van der Waals surface area (Å²) in [5.41, 5.74) is 4.54. The standard InChI is InChI=1S/C16H18N2O2/c1-18-8-7-11-9-17-10-12(16(11)18)15-13(19-2)5-4-6-14(15)20-3/h4-6,9-10H,7-8H2,1-3H3. The monoisotopic (exact) mass is 270 g/mol. The van der Waals surface area contributed by atoms with E-state index < -0.39 is 0 Å². The molecule has 0 radical (unpaired) electrons. The van der Waals surface area contributed by atoms with Gasteiger partial charge in [0.15, 0.2) is 0 Å². The molecule has 0 saturated heterocycles. The quantitative estimate of drug-likeness (QED) is 0.859. The Bertz CT molecular complexity index is 618. The van der Waals surface area contributed by atoms with Crippen molar-refractivity contribution < 1.29 is 9.47 Å². The summed E-state index contributed by atoms with van der Waals surface area (Å²) < 4.78 is 11.0. The first-order valence-corrected chi connectivity index (χ1v) is 6.65. The number of anilines is 1. The number of benzene rings is 1. The number of pyridine rings is 1. The molecular formula is C16H18N2O2. The maximum Gasteiger partial charge on any atom is 0.130 e. The van der Waals surface area contributed by atoms with Gasteiger partial charge in [0.05, 0.1) is 25.5 Å². The zero-order valence-electron chi connectivity index (χ0n) is 12.0. The first-order chi connectivity index (χ1) is 9.76. The molecule has 0 aliphatic carbocycles. The third-order valence-electron chi connectivity index (χ3n) is 3.79. The van der Waals surface area contributed by atoms with Crippen LogP contribution >= 0.6 is 0 Å². The highest BCUT2D eigenvalue weighted by Crippen LogP contribution is 2.44. The number of ether oxygens (including phenoxy) is 2. The minimum atomic E-state index is 0.805. The minimum absolute atomic E-state index is 0.805. The minimum Gasteiger partial charge on any atom is -0.496 e. The Balaban J connectivity index is 2.27. The molecule has 104 valence electrons. The third kappa shape index (κ3) is 1.88. The van der Waals surface area contributed by atoms with Crippen molar-refractivity contribution in [2.24, 2.45) is 0 Å². The molecule has 1 aliphatic heterocycles. The van der Waals surface area contributed by atoms with Crippen LogP contribution < -0.4 is 14.4 Å². The molecule has 4 heteroatoms. The lowest BCUT2D eigenvalue weighted by Gasteiger charge is -2.19. The fourth-order valence-electron chi connectivity index (χ4n) is 2.83. The molecular weight excluding hydrogens is 252 g/mol. The van der Waals surface area contributed by atoms with Crippen LogP contribution in [0, 0.1) is 0 Å². The lowest BCUT2D eigenvalue weighted by molar-refractivity contribution is 0.397. The summed E-state index contributed by atoms with van der Waals surface area (Å²) in [6.07, 6.45) is 4.87. The van der Waals surface area contributed by atoms with E-state index in [1.54, 1.807) is 14.2 Å². The lowest BCUT2D eigenvalue weighted by Crippen LogP contribution is -2.13. The third-order valence-corrected chi connectivity index (χ3v) is 3.79. The summed E-state index contributed by atoms with van der Waals surface area (Å²) in [6, 6.07) is 5.83. The zero-order valence-corrected chi connectivity index (χ0v) is 12.0. The van der Waals surface area contributed by atoms with Gasteiger partial charge >= 0.3 is 0 Å². The Labute approximate surface area is 119 Å². The number of likely N-dealkylation sites (N-methyl/N-ethyl adjacent to an activating group) is 1. The van der Waals surface area contributed by atoms with Crippen LogP contribution in [0.5, 0.6) is 11.5 Å². The van der Waals surface area contributed by atoms with E-state index in [-0.39, 0.29) is 0 Å². The van der Waals surface area contributed by atoms with Crippen molar-refractivity contribution in [1.29, 1.82) is 0 Å². The topological polar surface area (TPSA) is 34.6 Å². The molecule has 20 heavy (non-hydrogen) atoms. The molecule has 2 aromatic rings. The predicted octanol–water partition coefficient (Wildman–Crippen LogP) is 2.76. The van der Waals surface area contributed by atoms with Crippen molar-refractivity contribution in [2.75, 3.05) is 32.7 Å². The second-order valence-electron chi connectivity index (χ2n) is 4.90. The van der Waals surface area contributed by atoms with Crippen LogP contribution in [0.4, 0.5) is 5.69 Å². The molecule has 0 atom stereocenters. The largest absolute Gasteiger partial charge is 0.496 e. The Hall–Kier alpha value is -2.23. The average molecular weight is 270 g/mol. The molecule has 0 unspecified atom stereocenters. The number of hydrogen-bond acceptors (Lipinski definition) is 4. The molecule has 0 N–H and O–H groups in total. The first-order valence-electron chi connectivity index (χ1n) is 6.65. The van der Waals surface area contributed by atoms with Gasteiger partial charge in [-0.1, -0.05) is 6.07 Å². The fourth-order valence-corrected chi connectivity index (χ4v) is 2.83. The lowest BCUT2D eigenvalue weighted by atomic mass is 10.0. The molecule has 2 heterocycles. The van der Waals surface area contributed by atoms with Gasteiger partial charge < -0.3 is 14.4 Å². The van der Waals surface area contributed by atoms with Gasteiger partial charge in [-0.2, -0.15) is 0 Å². The van der Waals surface area contributed by atoms with E-state index in [9.17, 15) is 0 Å². The fraction of sp³-hybridized carbons (Fsp3) is 0.312. The second kappa shape index (κ2) is 5.04. The first kappa shape index (κ1) is 12.8. The molecule has 1 aromatic carbocycles. The van der Waals surface area contributed by atoms with Gasteiger partial charge in [0.25, 0.3) is 0 Å². The van der Waals surface area contributed by atoms with Crippen molar-refractivity contribution in [3.8, 4) is 22.6 Å². The van der Waals surface area contributed by atoms with Gasteiger partial charge in [0.1, 0.15) is 11.5 Å². The maximum absolute atomic E-state index is 5.51. The molecule has 1 aromatic heterocycles. The molecule has 0 bridgehead atoms. The number of methoxy groups -OCH3 is 2. The van der Waals surface area contributed by atoms with Gasteiger partial charge in [0, 0.05) is 31.5 Å². The van der Waals surface area contributed by atoms with Crippen molar-refractivity contribution in [3.63, 3.8) is 0 Å². The maximum atomic E-state index is 5.51. The number of fused-ring (bicyclic) bond motifs is 1. The summed E-state index contributed by atoms with van der Waals surface area (Å²) in [6.45, 7) is 1.02. The van der Waals surface area contributed by atoms with Crippen LogP contribution in [0.3, 0.4) is 0 Å². The Morgan fingerprint density at radius 3 is 2.45 bits per heavy atom. The van der Waals surface area contributed by atoms with E-state index in [0.717, 1.165) is 35.6 Å². The highest BCUT2D eigenvalue weighted by atomic mass is 16.5. The highest BCUT2D eigenvalue weighted by molar-refractivity contribution is 5.88. The van der Waals surface area contributed by atoms with Crippen LogP contribution in [0.1, 0.15) is 5.56 Å². The molecule has 0 fully saturated rings. The van der Waals surface area contributed by atoms with Crippen molar-refractivity contribution in [3.05, 3.63) is 36.2 Å². The zero-order chi connectivity index (χ0) is 14.1. The average Bonchev–Trinajstić information content (AvgIpc) is 2.88. The summed E-state index contributed by atoms with van der Waals surface area (Å²) in [7, 11) is 5.47. The van der Waals surface area contributed by atoms with Crippen LogP contribution in [0.25, 0.3) is 11.1 Å². The summed E-state index contributed by atoms with van der Waals surface area (Å²) in [5, 5.41) is 0. The number of rotatable bonds is 3. The van der Waals surface area contributed by atoms with E-state index in [1.165, 1.54) is 11.3 Å². The summed E-state index contributed by atoms with van der Waals surface area (Å²) >= 11 is 0. The Kier molecular flexibility index (Phi) is 3.22. The second-order valence-corrected chi connectivity index (χ2v) is 4.90. The molecule has 4 nitrogen and oxygen atoms in total. The van der Waals surface area contributed by atoms with Crippen LogP contribution in [0.15, 0.2) is 30.6 Å². The Morgan fingerprint density at radius 2 is 1.80 bits per heavy atom. The number of hydrogen-bond donors (Lipinski definition) is 0. The summed E-state index contributed by atoms with van der Waals surface area (Å²) in [4.78, 5) is 6.64. The normalized spacial score (nSPS) is 13.2. The van der Waals surface area contributed by atoms with Crippen LogP contribution in [-0.4, -0.2) is 32.8 Å². The Morgan fingerprint density at radius 1 is 1.10 bits per heavy atom. The van der Waals surface area contributed by atoms with Gasteiger partial charge in [0.2, 0.25) is 0 Å². The smallest absolute Gasteiger partial charge is 0.130 e. The van der Waals surface area contributed by atoms with Crippen LogP contribution in [0.2, 0.25) is 0 Å². The predicted molar refractivity (Wildman–Crippen MR) is 79.8 cm³/mol. The van der Waals surface area contributed by atoms with Crippen molar-refractivity contribution >= 4 is 5.69 Å². The number of aromatic nitrogens is 1. The van der Waals surface area contributed by atoms with E-state index in [1.807, 2.05) is 30.6 Å². The van der Waals surface area contributed by atoms with Gasteiger partial charge in [-0.25, -0.2) is 0 Å². The van der Waals surface area contributed by atoms with Gasteiger partial charge in [-0.3, -0.25) is 4.98 Å². The van der Waals surface area contributed by atoms with E-state index in [4.69, 9.17) is 9.47 Å². The van der Waals surface area contributed by atoms with Gasteiger partial charge in [-0.15, -0.1) is 0 Å². The van der Waals surface area contributed by atoms with Crippen LogP contribution in [-0.2, 0) is 6.42 Å². The van der Waals surface area contributed by atoms with E-state index in [2.05, 4.69) is 16.9 Å². The van der Waals surface area contributed by atoms with Crippen molar-refractivity contribution in [1.82, 2.24) is 4.98 Å². The number of nitrogens with zero attached hydrogens (tertiary/aromatic N) is 2. The molecule has 1 aliphatic rings.